The summed E-state index contributed by atoms with van der Waals surface area (Å²) in [5.41, 5.74) is 4.35. The predicted octanol–water partition coefficient (Wildman–Crippen LogP) is 7.38. The zero-order valence-electron chi connectivity index (χ0n) is 29.6. The number of aliphatic hydroxyl groups excluding tert-OH is 1. The summed E-state index contributed by atoms with van der Waals surface area (Å²) in [5.74, 6) is -0.863. The van der Waals surface area contributed by atoms with Crippen molar-refractivity contribution in [2.75, 3.05) is 20.3 Å². The van der Waals surface area contributed by atoms with E-state index in [1.54, 1.807) is 12.1 Å². The molecule has 8 nitrogen and oxygen atoms in total. The standard InChI is InChI=1S/C44H43ClO8/c1-48-44(37-18-19-38(45)36(25-37)24-34-17-20-39-35(23-34)21-22-49-39)42(52-28-33-15-9-4-10-16-33)40(50-26-31-11-5-2-6-12-31)41(43(29-46,30-47)53-44)51-27-32-13-7-3-8-14-32/h2-20,23,25,29,40-42,47H,21-22,24,26-28,30H2,1H3/t40-,41-,42?,43-,44-/m0/s1. The number of carbonyl (C=O) groups is 1. The Labute approximate surface area is 315 Å². The summed E-state index contributed by atoms with van der Waals surface area (Å²) >= 11 is 6.87. The molecule has 1 unspecified atom stereocenters. The molecule has 2 heterocycles. The van der Waals surface area contributed by atoms with Crippen LogP contribution in [-0.2, 0) is 66.9 Å². The van der Waals surface area contributed by atoms with E-state index < -0.39 is 36.3 Å². The number of aliphatic hydroxyl groups is 1. The van der Waals surface area contributed by atoms with Crippen LogP contribution in [0.3, 0.4) is 0 Å². The van der Waals surface area contributed by atoms with Crippen LogP contribution in [0.1, 0.15) is 38.9 Å². The van der Waals surface area contributed by atoms with E-state index in [1.165, 1.54) is 7.11 Å². The van der Waals surface area contributed by atoms with Crippen molar-refractivity contribution in [1.29, 1.82) is 0 Å². The zero-order chi connectivity index (χ0) is 36.7. The number of halogens is 1. The summed E-state index contributed by atoms with van der Waals surface area (Å²) in [6.45, 7) is 0.407. The molecule has 274 valence electrons. The van der Waals surface area contributed by atoms with Gasteiger partial charge in [-0.25, -0.2) is 0 Å². The average molecular weight is 735 g/mol. The summed E-state index contributed by atoms with van der Waals surface area (Å²) in [5, 5.41) is 11.7. The second kappa shape index (κ2) is 16.7. The molecule has 0 amide bonds. The number of methoxy groups -OCH3 is 1. The average Bonchev–Trinajstić information content (AvgIpc) is 3.68. The van der Waals surface area contributed by atoms with Crippen LogP contribution in [0.15, 0.2) is 127 Å². The van der Waals surface area contributed by atoms with Crippen molar-refractivity contribution in [2.45, 2.75) is 62.4 Å². The molecule has 5 aromatic carbocycles. The first-order chi connectivity index (χ1) is 26.0. The monoisotopic (exact) mass is 734 g/mol. The van der Waals surface area contributed by atoms with Crippen LogP contribution >= 0.6 is 11.6 Å². The normalized spacial score (nSPS) is 23.6. The van der Waals surface area contributed by atoms with Gasteiger partial charge in [-0.15, -0.1) is 0 Å². The van der Waals surface area contributed by atoms with Gasteiger partial charge in [0.1, 0.15) is 24.1 Å². The minimum Gasteiger partial charge on any atom is -0.493 e. The molecule has 5 aromatic rings. The molecule has 0 aliphatic carbocycles. The second-order valence-corrected chi connectivity index (χ2v) is 13.8. The molecule has 1 N–H and O–H groups in total. The Balaban J connectivity index is 1.33. The molecule has 53 heavy (non-hydrogen) atoms. The largest absolute Gasteiger partial charge is 0.493 e. The maximum absolute atomic E-state index is 13.4. The minimum atomic E-state index is -1.92. The molecule has 0 saturated carbocycles. The van der Waals surface area contributed by atoms with Gasteiger partial charge >= 0.3 is 0 Å². The topological polar surface area (TPSA) is 92.7 Å². The van der Waals surface area contributed by atoms with Crippen molar-refractivity contribution < 1.29 is 38.3 Å². The molecule has 1 fully saturated rings. The molecule has 9 heteroatoms. The van der Waals surface area contributed by atoms with E-state index >= 15 is 0 Å². The molecule has 0 bridgehead atoms. The molecule has 0 aromatic heterocycles. The zero-order valence-corrected chi connectivity index (χ0v) is 30.3. The Kier molecular flexibility index (Phi) is 11.7. The molecule has 1 saturated heterocycles. The second-order valence-electron chi connectivity index (χ2n) is 13.4. The fourth-order valence-corrected chi connectivity index (χ4v) is 7.38. The summed E-state index contributed by atoms with van der Waals surface area (Å²) in [4.78, 5) is 13.4. The first kappa shape index (κ1) is 37.0. The third-order valence-corrected chi connectivity index (χ3v) is 10.3. The van der Waals surface area contributed by atoms with Crippen LogP contribution in [0.25, 0.3) is 0 Å². The number of carbonyl (C=O) groups excluding carboxylic acids is 1. The van der Waals surface area contributed by atoms with Crippen molar-refractivity contribution in [2.24, 2.45) is 0 Å². The summed E-state index contributed by atoms with van der Waals surface area (Å²) < 4.78 is 39.2. The van der Waals surface area contributed by atoms with Gasteiger partial charge in [0.15, 0.2) is 11.9 Å². The maximum Gasteiger partial charge on any atom is 0.225 e. The molecule has 5 atom stereocenters. The number of benzene rings is 5. The quantitative estimate of drug-likeness (QED) is 0.112. The van der Waals surface area contributed by atoms with E-state index in [1.807, 2.05) is 109 Å². The van der Waals surface area contributed by atoms with Crippen molar-refractivity contribution in [3.05, 3.63) is 171 Å². The van der Waals surface area contributed by atoms with Crippen LogP contribution in [-0.4, -0.2) is 55.6 Å². The first-order valence-corrected chi connectivity index (χ1v) is 18.2. The van der Waals surface area contributed by atoms with Crippen LogP contribution < -0.4 is 4.74 Å². The maximum atomic E-state index is 13.4. The van der Waals surface area contributed by atoms with Crippen molar-refractivity contribution in [1.82, 2.24) is 0 Å². The highest BCUT2D eigenvalue weighted by molar-refractivity contribution is 6.31. The summed E-state index contributed by atoms with van der Waals surface area (Å²) in [6.07, 6.45) is -1.15. The Bertz CT molecular complexity index is 1960. The third kappa shape index (κ3) is 7.95. The lowest BCUT2D eigenvalue weighted by Gasteiger charge is -2.55. The minimum absolute atomic E-state index is 0.123. The molecular weight excluding hydrogens is 692 g/mol. The van der Waals surface area contributed by atoms with E-state index in [4.69, 9.17) is 40.0 Å². The van der Waals surface area contributed by atoms with Gasteiger partial charge in [-0.3, -0.25) is 4.79 Å². The van der Waals surface area contributed by atoms with E-state index in [2.05, 4.69) is 6.07 Å². The first-order valence-electron chi connectivity index (χ1n) is 17.8. The summed E-state index contributed by atoms with van der Waals surface area (Å²) in [7, 11) is 1.50. The van der Waals surface area contributed by atoms with E-state index in [9.17, 15) is 9.90 Å². The van der Waals surface area contributed by atoms with Gasteiger partial charge in [-0.05, 0) is 58.0 Å². The van der Waals surface area contributed by atoms with Gasteiger partial charge in [-0.2, -0.15) is 0 Å². The Hall–Kier alpha value is -4.38. The Morgan fingerprint density at radius 3 is 1.94 bits per heavy atom. The molecule has 0 spiro atoms. The predicted molar refractivity (Wildman–Crippen MR) is 201 cm³/mol. The summed E-state index contributed by atoms with van der Waals surface area (Å²) in [6, 6.07) is 40.7. The van der Waals surface area contributed by atoms with Crippen molar-refractivity contribution in [3.63, 3.8) is 0 Å². The fraction of sp³-hybridized carbons (Fsp3) is 0.295. The number of aldehydes is 1. The van der Waals surface area contributed by atoms with E-state index in [-0.39, 0.29) is 19.8 Å². The van der Waals surface area contributed by atoms with Gasteiger partial charge in [0.05, 0.1) is 33.0 Å². The number of fused-ring (bicyclic) bond motifs is 1. The highest BCUT2D eigenvalue weighted by Gasteiger charge is 2.64. The lowest BCUT2D eigenvalue weighted by molar-refractivity contribution is -0.401. The van der Waals surface area contributed by atoms with Gasteiger partial charge in [0.25, 0.3) is 0 Å². The van der Waals surface area contributed by atoms with E-state index in [0.717, 1.165) is 45.6 Å². The fourth-order valence-electron chi connectivity index (χ4n) is 7.20. The van der Waals surface area contributed by atoms with Crippen LogP contribution in [0.2, 0.25) is 5.02 Å². The van der Waals surface area contributed by atoms with Crippen molar-refractivity contribution >= 4 is 17.9 Å². The Morgan fingerprint density at radius 1 is 0.755 bits per heavy atom. The number of hydrogen-bond acceptors (Lipinski definition) is 8. The van der Waals surface area contributed by atoms with Crippen molar-refractivity contribution in [3.8, 4) is 5.75 Å². The highest BCUT2D eigenvalue weighted by atomic mass is 35.5. The molecular formula is C44H43ClO8. The lowest BCUT2D eigenvalue weighted by Crippen LogP contribution is -2.72. The number of rotatable bonds is 15. The van der Waals surface area contributed by atoms with Crippen LogP contribution in [0.5, 0.6) is 5.75 Å². The lowest BCUT2D eigenvalue weighted by atomic mass is 9.80. The van der Waals surface area contributed by atoms with Gasteiger partial charge in [0.2, 0.25) is 5.79 Å². The van der Waals surface area contributed by atoms with Crippen LogP contribution in [0.4, 0.5) is 0 Å². The molecule has 7 rings (SSSR count). The smallest absolute Gasteiger partial charge is 0.225 e. The van der Waals surface area contributed by atoms with Crippen LogP contribution in [0, 0.1) is 0 Å². The molecule has 0 radical (unpaired) electrons. The van der Waals surface area contributed by atoms with Gasteiger partial charge in [0, 0.05) is 24.1 Å². The van der Waals surface area contributed by atoms with Gasteiger partial charge in [-0.1, -0.05) is 121 Å². The molecule has 2 aliphatic rings. The van der Waals surface area contributed by atoms with Gasteiger partial charge < -0.3 is 33.5 Å². The highest BCUT2D eigenvalue weighted by Crippen LogP contribution is 2.48. The third-order valence-electron chi connectivity index (χ3n) is 9.97. The number of ether oxygens (including phenoxy) is 6. The molecule has 2 aliphatic heterocycles. The number of hydrogen-bond donors (Lipinski definition) is 1. The Morgan fingerprint density at radius 2 is 1.36 bits per heavy atom. The van der Waals surface area contributed by atoms with E-state index in [0.29, 0.717) is 29.9 Å². The SMILES string of the molecule is CO[C@@]1(c2ccc(Cl)c(Cc3ccc4c(c3)CCO4)c2)O[C@@](C=O)(CO)[C@@H](OCc2ccccc2)[C@H](OCc2ccccc2)C1OCc1ccccc1.